The molecule has 1 aromatic heterocycles. The normalized spacial score (nSPS) is 15.7. The van der Waals surface area contributed by atoms with Gasteiger partial charge in [0, 0.05) is 12.2 Å². The number of benzene rings is 2. The van der Waals surface area contributed by atoms with Gasteiger partial charge >= 0.3 is 0 Å². The third kappa shape index (κ3) is 4.36. The van der Waals surface area contributed by atoms with Gasteiger partial charge in [0.15, 0.2) is 0 Å². The number of nitrogens with one attached hydrogen (secondary N) is 3. The van der Waals surface area contributed by atoms with E-state index in [4.69, 9.17) is 0 Å². The second kappa shape index (κ2) is 8.62. The number of anilines is 2. The zero-order valence-corrected chi connectivity index (χ0v) is 17.7. The molecule has 2 heterocycles. The number of amides is 3. The Morgan fingerprint density at radius 2 is 1.94 bits per heavy atom. The van der Waals surface area contributed by atoms with E-state index in [-0.39, 0.29) is 17.9 Å². The third-order valence-electron chi connectivity index (χ3n) is 5.11. The maximum absolute atomic E-state index is 12.8. The van der Waals surface area contributed by atoms with Gasteiger partial charge in [-0.05, 0) is 36.2 Å². The number of fused-ring (bicyclic) bond motifs is 2. The van der Waals surface area contributed by atoms with Gasteiger partial charge < -0.3 is 16.0 Å². The molecular formula is C23H23N5O4. The summed E-state index contributed by atoms with van der Waals surface area (Å²) < 4.78 is 1.54. The van der Waals surface area contributed by atoms with Crippen LogP contribution in [0.1, 0.15) is 30.6 Å². The van der Waals surface area contributed by atoms with Gasteiger partial charge in [-0.2, -0.15) is 0 Å². The van der Waals surface area contributed by atoms with Crippen LogP contribution in [0.5, 0.6) is 0 Å². The zero-order chi connectivity index (χ0) is 22.8. The smallest absolute Gasteiger partial charge is 0.261 e. The SMILES string of the molecule is CC(C)Cn1cnc2ccc(NC(=O)C[C@@H]3NC(=O)c4ccccc4NC3=O)cc2c1=O. The fraction of sp³-hybridized carbons (Fsp3) is 0.261. The summed E-state index contributed by atoms with van der Waals surface area (Å²) in [4.78, 5) is 54.6. The lowest BCUT2D eigenvalue weighted by molar-refractivity contribution is -0.122. The Kier molecular flexibility index (Phi) is 5.72. The lowest BCUT2D eigenvalue weighted by atomic mass is 10.1. The molecule has 0 aliphatic carbocycles. The Morgan fingerprint density at radius 1 is 1.16 bits per heavy atom. The van der Waals surface area contributed by atoms with E-state index < -0.39 is 23.8 Å². The lowest BCUT2D eigenvalue weighted by Crippen LogP contribution is -2.43. The van der Waals surface area contributed by atoms with Gasteiger partial charge in [0.1, 0.15) is 6.04 Å². The predicted octanol–water partition coefficient (Wildman–Crippen LogP) is 2.13. The summed E-state index contributed by atoms with van der Waals surface area (Å²) in [5.74, 6) is -1.10. The van der Waals surface area contributed by atoms with E-state index in [1.165, 1.54) is 6.33 Å². The van der Waals surface area contributed by atoms with Crippen molar-refractivity contribution in [2.45, 2.75) is 32.9 Å². The second-order valence-corrected chi connectivity index (χ2v) is 8.14. The Bertz CT molecular complexity index is 1280. The summed E-state index contributed by atoms with van der Waals surface area (Å²) >= 11 is 0. The summed E-state index contributed by atoms with van der Waals surface area (Å²) in [5, 5.41) is 8.35. The van der Waals surface area contributed by atoms with E-state index in [0.29, 0.717) is 34.4 Å². The van der Waals surface area contributed by atoms with Crippen LogP contribution < -0.4 is 21.5 Å². The van der Waals surface area contributed by atoms with Gasteiger partial charge in [-0.15, -0.1) is 0 Å². The predicted molar refractivity (Wildman–Crippen MR) is 120 cm³/mol. The Labute approximate surface area is 183 Å². The molecular weight excluding hydrogens is 410 g/mol. The lowest BCUT2D eigenvalue weighted by Gasteiger charge is -2.14. The number of para-hydroxylation sites is 1. The first-order valence-electron chi connectivity index (χ1n) is 10.3. The standard InChI is InChI=1S/C23H23N5O4/c1-13(2)11-28-12-24-17-8-7-14(9-16(17)23(28)32)25-20(29)10-19-22(31)26-18-6-4-3-5-15(18)21(30)27-19/h3-9,12-13,19H,10-11H2,1-2H3,(H,25,29)(H,26,31)(H,27,30)/t19-/m0/s1. The van der Waals surface area contributed by atoms with Crippen LogP contribution >= 0.6 is 0 Å². The number of hydrogen-bond donors (Lipinski definition) is 3. The number of aromatic nitrogens is 2. The first-order chi connectivity index (χ1) is 15.3. The van der Waals surface area contributed by atoms with Crippen LogP contribution in [0, 0.1) is 5.92 Å². The maximum atomic E-state index is 12.8. The van der Waals surface area contributed by atoms with E-state index >= 15 is 0 Å². The van der Waals surface area contributed by atoms with Crippen molar-refractivity contribution >= 4 is 40.0 Å². The highest BCUT2D eigenvalue weighted by Crippen LogP contribution is 2.20. The van der Waals surface area contributed by atoms with Crippen molar-refractivity contribution in [3.63, 3.8) is 0 Å². The van der Waals surface area contributed by atoms with E-state index in [0.717, 1.165) is 0 Å². The van der Waals surface area contributed by atoms with Gasteiger partial charge in [-0.1, -0.05) is 26.0 Å². The molecule has 1 aliphatic rings. The average molecular weight is 433 g/mol. The van der Waals surface area contributed by atoms with E-state index in [2.05, 4.69) is 20.9 Å². The molecule has 0 saturated carbocycles. The van der Waals surface area contributed by atoms with E-state index in [1.54, 1.807) is 47.0 Å². The number of carbonyl (C=O) groups is 3. The molecule has 0 unspecified atom stereocenters. The first-order valence-corrected chi connectivity index (χ1v) is 10.3. The molecule has 0 saturated heterocycles. The number of nitrogens with zero attached hydrogens (tertiary/aromatic N) is 2. The molecule has 164 valence electrons. The van der Waals surface area contributed by atoms with Crippen LogP contribution in [-0.2, 0) is 16.1 Å². The topological polar surface area (TPSA) is 122 Å². The molecule has 0 bridgehead atoms. The van der Waals surface area contributed by atoms with Gasteiger partial charge in [0.2, 0.25) is 11.8 Å². The molecule has 0 fully saturated rings. The summed E-state index contributed by atoms with van der Waals surface area (Å²) in [6.45, 7) is 4.56. The van der Waals surface area contributed by atoms with Gasteiger partial charge in [0.05, 0.1) is 34.9 Å². The summed E-state index contributed by atoms with van der Waals surface area (Å²) in [5.41, 5.74) is 1.49. The average Bonchev–Trinajstić information content (AvgIpc) is 2.86. The molecule has 3 aromatic rings. The van der Waals surface area contributed by atoms with Crippen molar-refractivity contribution in [3.8, 4) is 0 Å². The minimum atomic E-state index is -1.03. The minimum Gasteiger partial charge on any atom is -0.340 e. The fourth-order valence-corrected chi connectivity index (χ4v) is 3.61. The molecule has 3 N–H and O–H groups in total. The molecule has 2 aromatic carbocycles. The van der Waals surface area contributed by atoms with Crippen LogP contribution in [0.2, 0.25) is 0 Å². The molecule has 0 radical (unpaired) electrons. The molecule has 1 atom stereocenters. The van der Waals surface area contributed by atoms with E-state index in [1.807, 2.05) is 13.8 Å². The first kappa shape index (κ1) is 21.2. The zero-order valence-electron chi connectivity index (χ0n) is 17.7. The number of carbonyl (C=O) groups excluding carboxylic acids is 3. The van der Waals surface area contributed by atoms with Crippen LogP contribution in [0.25, 0.3) is 10.9 Å². The molecule has 4 rings (SSSR count). The van der Waals surface area contributed by atoms with E-state index in [9.17, 15) is 19.2 Å². The van der Waals surface area contributed by atoms with Crippen LogP contribution in [0.3, 0.4) is 0 Å². The second-order valence-electron chi connectivity index (χ2n) is 8.14. The molecule has 9 heteroatoms. The molecule has 32 heavy (non-hydrogen) atoms. The largest absolute Gasteiger partial charge is 0.340 e. The van der Waals surface area contributed by atoms with Crippen molar-refractivity contribution < 1.29 is 14.4 Å². The Hall–Kier alpha value is -4.01. The Balaban J connectivity index is 1.50. The molecule has 9 nitrogen and oxygen atoms in total. The van der Waals surface area contributed by atoms with Crippen LogP contribution in [-0.4, -0.2) is 33.3 Å². The maximum Gasteiger partial charge on any atom is 0.261 e. The van der Waals surface area contributed by atoms with Gasteiger partial charge in [0.25, 0.3) is 11.5 Å². The highest BCUT2D eigenvalue weighted by Gasteiger charge is 2.29. The van der Waals surface area contributed by atoms with Crippen molar-refractivity contribution in [3.05, 3.63) is 64.7 Å². The van der Waals surface area contributed by atoms with Crippen molar-refractivity contribution in [2.75, 3.05) is 10.6 Å². The minimum absolute atomic E-state index is 0.187. The summed E-state index contributed by atoms with van der Waals surface area (Å²) in [6.07, 6.45) is 1.27. The quantitative estimate of drug-likeness (QED) is 0.569. The highest BCUT2D eigenvalue weighted by molar-refractivity contribution is 6.11. The van der Waals surface area contributed by atoms with Crippen molar-refractivity contribution in [1.82, 2.24) is 14.9 Å². The fourth-order valence-electron chi connectivity index (χ4n) is 3.61. The highest BCUT2D eigenvalue weighted by atomic mass is 16.2. The van der Waals surface area contributed by atoms with Crippen molar-refractivity contribution in [2.24, 2.45) is 5.92 Å². The van der Waals surface area contributed by atoms with Crippen LogP contribution in [0.4, 0.5) is 11.4 Å². The molecule has 3 amide bonds. The molecule has 0 spiro atoms. The van der Waals surface area contributed by atoms with Crippen LogP contribution in [0.15, 0.2) is 53.6 Å². The Morgan fingerprint density at radius 3 is 2.72 bits per heavy atom. The summed E-state index contributed by atoms with van der Waals surface area (Å²) in [7, 11) is 0. The molecule has 1 aliphatic heterocycles. The van der Waals surface area contributed by atoms with Gasteiger partial charge in [-0.25, -0.2) is 4.98 Å². The monoisotopic (exact) mass is 433 g/mol. The number of hydrogen-bond acceptors (Lipinski definition) is 5. The van der Waals surface area contributed by atoms with Gasteiger partial charge in [-0.3, -0.25) is 23.7 Å². The summed E-state index contributed by atoms with van der Waals surface area (Å²) in [6, 6.07) is 10.5. The number of rotatable bonds is 5. The van der Waals surface area contributed by atoms with Crippen molar-refractivity contribution in [1.29, 1.82) is 0 Å². The third-order valence-corrected chi connectivity index (χ3v) is 5.11.